The summed E-state index contributed by atoms with van der Waals surface area (Å²) < 4.78 is 0. The summed E-state index contributed by atoms with van der Waals surface area (Å²) in [5, 5.41) is 25.0. The number of hydrogen-bond acceptors (Lipinski definition) is 2. The molecular formula is C46H52O2S2Ti. The molecule has 1 fully saturated rings. The first-order valence-corrected chi connectivity index (χ1v) is 25.1. The van der Waals surface area contributed by atoms with Gasteiger partial charge in [0.25, 0.3) is 0 Å². The molecule has 4 atom stereocenters. The molecule has 1 aliphatic heterocycles. The van der Waals surface area contributed by atoms with E-state index in [2.05, 4.69) is 89.5 Å². The van der Waals surface area contributed by atoms with Crippen molar-refractivity contribution in [2.45, 2.75) is 113 Å². The molecule has 1 aliphatic carbocycles. The van der Waals surface area contributed by atoms with E-state index < -0.39 is 0 Å². The summed E-state index contributed by atoms with van der Waals surface area (Å²) in [6.07, 6.45) is 7.86. The molecule has 4 aromatic carbocycles. The Balaban J connectivity index is 1.43. The van der Waals surface area contributed by atoms with Crippen LogP contribution in [0.4, 0.5) is 0 Å². The summed E-state index contributed by atoms with van der Waals surface area (Å²) in [5.41, 5.74) is 7.92. The molecule has 1 saturated carbocycles. The monoisotopic (exact) mass is 748 g/mol. The molecule has 3 unspecified atom stereocenters. The first kappa shape index (κ1) is 37.8. The van der Waals surface area contributed by atoms with Gasteiger partial charge in [-0.2, -0.15) is 0 Å². The molecule has 51 heavy (non-hydrogen) atoms. The van der Waals surface area contributed by atoms with E-state index in [1.54, 1.807) is 0 Å². The van der Waals surface area contributed by atoms with Crippen LogP contribution in [0.3, 0.4) is 0 Å². The van der Waals surface area contributed by atoms with Crippen LogP contribution in [0.25, 0.3) is 0 Å². The van der Waals surface area contributed by atoms with E-state index in [4.69, 9.17) is 0 Å². The number of aromatic hydroxyl groups is 2. The van der Waals surface area contributed by atoms with E-state index in [0.29, 0.717) is 22.0 Å². The normalized spacial score (nSPS) is 20.3. The van der Waals surface area contributed by atoms with Gasteiger partial charge < -0.3 is 0 Å². The first-order chi connectivity index (χ1) is 24.4. The molecule has 0 radical (unpaired) electrons. The van der Waals surface area contributed by atoms with Crippen molar-refractivity contribution in [3.63, 3.8) is 0 Å². The third-order valence-corrected chi connectivity index (χ3v) is 26.0. The zero-order valence-corrected chi connectivity index (χ0v) is 34.3. The standard InChI is InChI=1S/C46H52O2S2.Ti/c1-45(2,3)39-27-35(25-23-33-17-11-9-12-18-33)43(47)37(29-39)31-49-41-21-15-7-8-16-22-42(41)50-32-38-30-40(46(4,5)6)28-36(44(38)48)26-24-34-19-13-10-14-20-34;/h9-14,17-20,27-30,41-42,47-48H,7-8,15-16,21-22,31-32H2,1-6H3;/t41-,42?;/m0./s1. The van der Waals surface area contributed by atoms with Crippen molar-refractivity contribution < 1.29 is 25.7 Å². The maximum atomic E-state index is 11.8. The average molecular weight is 749 g/mol. The molecule has 1 heterocycles. The fourth-order valence-corrected chi connectivity index (χ4v) is 27.8. The van der Waals surface area contributed by atoms with Gasteiger partial charge in [0, 0.05) is 0 Å². The molecule has 0 spiro atoms. The van der Waals surface area contributed by atoms with E-state index in [0.717, 1.165) is 44.9 Å². The fraction of sp³-hybridized carbons (Fsp3) is 0.391. The molecule has 264 valence electrons. The van der Waals surface area contributed by atoms with Gasteiger partial charge >= 0.3 is 319 Å². The van der Waals surface area contributed by atoms with Gasteiger partial charge in [0.2, 0.25) is 0 Å². The van der Waals surface area contributed by atoms with Crippen LogP contribution in [0, 0.1) is 23.7 Å². The van der Waals surface area contributed by atoms with Crippen molar-refractivity contribution in [3.8, 4) is 35.2 Å². The van der Waals surface area contributed by atoms with Crippen LogP contribution in [0.5, 0.6) is 11.5 Å². The minimum absolute atomic E-state index is 0.0511. The van der Waals surface area contributed by atoms with Crippen LogP contribution in [0.15, 0.2) is 84.9 Å². The average Bonchev–Trinajstić information content (AvgIpc) is 3.38. The number of benzene rings is 4. The second-order valence-electron chi connectivity index (χ2n) is 16.1. The molecule has 5 heteroatoms. The quantitative estimate of drug-likeness (QED) is 0.161. The van der Waals surface area contributed by atoms with Crippen LogP contribution in [0.1, 0.15) is 125 Å². The van der Waals surface area contributed by atoms with Crippen LogP contribution in [-0.2, 0) is 37.8 Å². The molecular weight excluding hydrogens is 697 g/mol. The Labute approximate surface area is 317 Å². The number of phenols is 2. The molecule has 2 nitrogen and oxygen atoms in total. The molecule has 0 aromatic heterocycles. The molecule has 0 amide bonds. The van der Waals surface area contributed by atoms with Crippen LogP contribution in [-0.4, -0.2) is 20.7 Å². The van der Waals surface area contributed by atoms with Crippen molar-refractivity contribution in [1.82, 2.24) is 0 Å². The first-order valence-electron chi connectivity index (χ1n) is 18.4. The van der Waals surface area contributed by atoms with Gasteiger partial charge in [0.15, 0.2) is 0 Å². The van der Waals surface area contributed by atoms with Crippen molar-refractivity contribution in [2.75, 3.05) is 0 Å². The van der Waals surface area contributed by atoms with Gasteiger partial charge in [-0.1, -0.05) is 0 Å². The zero-order valence-electron chi connectivity index (χ0n) is 31.1. The third-order valence-electron chi connectivity index (χ3n) is 10.0. The number of hydrogen-bond donors (Lipinski definition) is 2. The third kappa shape index (κ3) is 9.52. The minimum atomic E-state index is -0.351. The summed E-state index contributed by atoms with van der Waals surface area (Å²) in [7, 11) is 0.492. The molecule has 2 aliphatic rings. The van der Waals surface area contributed by atoms with Crippen molar-refractivity contribution in [1.29, 1.82) is 0 Å². The Morgan fingerprint density at radius 1 is 0.569 bits per heavy atom. The van der Waals surface area contributed by atoms with E-state index in [9.17, 15) is 10.2 Å². The molecule has 2 N–H and O–H groups in total. The summed E-state index contributed by atoms with van der Waals surface area (Å²) in [6.45, 7) is 13.5. The Bertz CT molecular complexity index is 1940. The Hall–Kier alpha value is -2.99. The Morgan fingerprint density at radius 3 is 1.33 bits per heavy atom. The SMILES string of the molecule is CC(C)(C)c1cc(C#Cc2ccccc2)c(O)c(C[S]2=[Ti]=[S](Cc3cc(C(C)(C)C)cc(C#Cc4ccccc4)c3O)[C@H]3CCCCCCC32)c1. The van der Waals surface area contributed by atoms with E-state index in [1.165, 1.54) is 49.7 Å². The summed E-state index contributed by atoms with van der Waals surface area (Å²) >= 11 is -0.351. The van der Waals surface area contributed by atoms with E-state index in [-0.39, 0.29) is 42.2 Å². The predicted molar refractivity (Wildman–Crippen MR) is 216 cm³/mol. The Morgan fingerprint density at radius 2 is 0.961 bits per heavy atom. The molecule has 0 bridgehead atoms. The van der Waals surface area contributed by atoms with E-state index >= 15 is 0 Å². The molecule has 6 rings (SSSR count). The van der Waals surface area contributed by atoms with Crippen molar-refractivity contribution in [3.05, 3.63) is 129 Å². The summed E-state index contributed by atoms with van der Waals surface area (Å²) in [4.78, 5) is 0. The fourth-order valence-electron chi connectivity index (χ4n) is 6.92. The molecule has 4 aromatic rings. The van der Waals surface area contributed by atoms with Gasteiger partial charge in [-0.15, -0.1) is 0 Å². The summed E-state index contributed by atoms with van der Waals surface area (Å²) in [6, 6.07) is 28.9. The Kier molecular flexibility index (Phi) is 12.1. The number of fused-ring (bicyclic) bond motifs is 1. The second-order valence-corrected chi connectivity index (χ2v) is 27.5. The zero-order chi connectivity index (χ0) is 36.2. The maximum absolute atomic E-state index is 11.8. The molecule has 0 saturated heterocycles. The predicted octanol–water partition coefficient (Wildman–Crippen LogP) is 11.7. The van der Waals surface area contributed by atoms with Gasteiger partial charge in [-0.05, 0) is 0 Å². The topological polar surface area (TPSA) is 40.5 Å². The van der Waals surface area contributed by atoms with Gasteiger partial charge in [0.05, 0.1) is 0 Å². The van der Waals surface area contributed by atoms with Crippen LogP contribution >= 0.6 is 15.9 Å². The van der Waals surface area contributed by atoms with Crippen LogP contribution < -0.4 is 0 Å². The second kappa shape index (κ2) is 16.4. The van der Waals surface area contributed by atoms with Crippen molar-refractivity contribution >= 4 is 15.9 Å². The van der Waals surface area contributed by atoms with Crippen LogP contribution in [0.2, 0.25) is 0 Å². The van der Waals surface area contributed by atoms with Gasteiger partial charge in [-0.3, -0.25) is 0 Å². The van der Waals surface area contributed by atoms with E-state index in [1.807, 2.05) is 60.7 Å². The van der Waals surface area contributed by atoms with Gasteiger partial charge in [-0.25, -0.2) is 0 Å². The number of phenolic OH excluding ortho intramolecular Hbond substituents is 2. The summed E-state index contributed by atoms with van der Waals surface area (Å²) in [5.74, 6) is 15.9. The van der Waals surface area contributed by atoms with Gasteiger partial charge in [0.1, 0.15) is 0 Å². The van der Waals surface area contributed by atoms with Crippen molar-refractivity contribution in [2.24, 2.45) is 0 Å². The number of rotatable bonds is 4.